The van der Waals surface area contributed by atoms with Crippen LogP contribution in [0.15, 0.2) is 65.3 Å². The van der Waals surface area contributed by atoms with Gasteiger partial charge in [0.2, 0.25) is 5.89 Å². The Kier molecular flexibility index (Phi) is 5.11. The molecule has 25 heavy (non-hydrogen) atoms. The zero-order valence-corrected chi connectivity index (χ0v) is 13.6. The average Bonchev–Trinajstić information content (AvgIpc) is 3.13. The third-order valence-corrected chi connectivity index (χ3v) is 3.76. The van der Waals surface area contributed by atoms with E-state index in [2.05, 4.69) is 10.3 Å². The average molecular weight is 337 g/mol. The minimum Gasteiger partial charge on any atom is -0.508 e. The van der Waals surface area contributed by atoms with E-state index in [0.717, 1.165) is 11.1 Å². The molecule has 1 atom stereocenters. The van der Waals surface area contributed by atoms with Crippen molar-refractivity contribution in [3.05, 3.63) is 83.6 Å². The summed E-state index contributed by atoms with van der Waals surface area (Å²) in [5, 5.41) is 12.1. The molecule has 4 N–H and O–H groups in total. The standard InChI is InChI=1S/C19H19N3O3/c20-16(10-13-6-8-15(23)9-7-13)19-22-17(12-25-19)18(24)21-11-14-4-2-1-3-5-14/h1-9,12,16,23H,10-11,20H2,(H,21,24). The molecule has 0 aliphatic heterocycles. The molecular formula is C19H19N3O3. The van der Waals surface area contributed by atoms with Gasteiger partial charge in [0, 0.05) is 6.54 Å². The number of carbonyl (C=O) groups excluding carboxylic acids is 1. The summed E-state index contributed by atoms with van der Waals surface area (Å²) in [7, 11) is 0. The van der Waals surface area contributed by atoms with E-state index in [-0.39, 0.29) is 17.4 Å². The Bertz CT molecular complexity index is 829. The van der Waals surface area contributed by atoms with Crippen molar-refractivity contribution in [2.75, 3.05) is 0 Å². The third-order valence-electron chi connectivity index (χ3n) is 3.76. The van der Waals surface area contributed by atoms with E-state index in [1.165, 1.54) is 6.26 Å². The van der Waals surface area contributed by atoms with Gasteiger partial charge in [-0.3, -0.25) is 4.79 Å². The normalized spacial score (nSPS) is 11.9. The smallest absolute Gasteiger partial charge is 0.273 e. The number of hydrogen-bond acceptors (Lipinski definition) is 5. The van der Waals surface area contributed by atoms with E-state index < -0.39 is 6.04 Å². The van der Waals surface area contributed by atoms with E-state index in [0.29, 0.717) is 18.9 Å². The maximum absolute atomic E-state index is 12.1. The van der Waals surface area contributed by atoms with Gasteiger partial charge in [0.1, 0.15) is 12.0 Å². The first-order valence-corrected chi connectivity index (χ1v) is 7.93. The molecule has 0 saturated heterocycles. The fourth-order valence-corrected chi connectivity index (χ4v) is 2.40. The van der Waals surface area contributed by atoms with E-state index in [9.17, 15) is 9.90 Å². The van der Waals surface area contributed by atoms with Crippen molar-refractivity contribution in [2.45, 2.75) is 19.0 Å². The van der Waals surface area contributed by atoms with Crippen LogP contribution in [0.3, 0.4) is 0 Å². The quantitative estimate of drug-likeness (QED) is 0.642. The molecule has 128 valence electrons. The summed E-state index contributed by atoms with van der Waals surface area (Å²) in [5.41, 5.74) is 8.24. The molecule has 1 heterocycles. The van der Waals surface area contributed by atoms with Gasteiger partial charge in [0.05, 0.1) is 6.04 Å². The number of oxazole rings is 1. The minimum atomic E-state index is -0.472. The van der Waals surface area contributed by atoms with Crippen LogP contribution in [0.25, 0.3) is 0 Å². The molecule has 0 aliphatic carbocycles. The summed E-state index contributed by atoms with van der Waals surface area (Å²) in [4.78, 5) is 16.3. The number of phenolic OH excluding ortho intramolecular Hbond substituents is 1. The van der Waals surface area contributed by atoms with Crippen LogP contribution in [-0.2, 0) is 13.0 Å². The number of carbonyl (C=O) groups is 1. The Morgan fingerprint density at radius 2 is 1.84 bits per heavy atom. The number of rotatable bonds is 6. The van der Waals surface area contributed by atoms with Gasteiger partial charge >= 0.3 is 0 Å². The summed E-state index contributed by atoms with van der Waals surface area (Å²) in [6.45, 7) is 0.418. The fraction of sp³-hybridized carbons (Fsp3) is 0.158. The summed E-state index contributed by atoms with van der Waals surface area (Å²) in [6, 6.07) is 15.9. The lowest BCUT2D eigenvalue weighted by Crippen LogP contribution is -2.23. The van der Waals surface area contributed by atoms with Gasteiger partial charge in [0.15, 0.2) is 5.69 Å². The topological polar surface area (TPSA) is 101 Å². The maximum Gasteiger partial charge on any atom is 0.273 e. The van der Waals surface area contributed by atoms with Crippen molar-refractivity contribution in [1.82, 2.24) is 10.3 Å². The number of nitrogens with two attached hydrogens (primary N) is 1. The van der Waals surface area contributed by atoms with Gasteiger partial charge in [-0.1, -0.05) is 42.5 Å². The number of amides is 1. The molecule has 1 amide bonds. The Balaban J connectivity index is 1.59. The van der Waals surface area contributed by atoms with E-state index in [4.69, 9.17) is 10.2 Å². The lowest BCUT2D eigenvalue weighted by molar-refractivity contribution is 0.0946. The zero-order chi connectivity index (χ0) is 17.6. The van der Waals surface area contributed by atoms with Gasteiger partial charge in [0.25, 0.3) is 5.91 Å². The van der Waals surface area contributed by atoms with Crippen molar-refractivity contribution in [2.24, 2.45) is 5.73 Å². The van der Waals surface area contributed by atoms with Crippen molar-refractivity contribution >= 4 is 5.91 Å². The first kappa shape index (κ1) is 16.7. The molecule has 3 rings (SSSR count). The fourth-order valence-electron chi connectivity index (χ4n) is 2.40. The van der Waals surface area contributed by atoms with Crippen LogP contribution < -0.4 is 11.1 Å². The summed E-state index contributed by atoms with van der Waals surface area (Å²) in [5.74, 6) is 0.194. The van der Waals surface area contributed by atoms with Crippen molar-refractivity contribution in [3.8, 4) is 5.75 Å². The number of nitrogens with one attached hydrogen (secondary N) is 1. The highest BCUT2D eigenvalue weighted by atomic mass is 16.3. The molecule has 0 radical (unpaired) electrons. The summed E-state index contributed by atoms with van der Waals surface area (Å²) < 4.78 is 5.35. The first-order chi connectivity index (χ1) is 12.1. The van der Waals surface area contributed by atoms with Crippen LogP contribution in [0, 0.1) is 0 Å². The Morgan fingerprint density at radius 3 is 2.56 bits per heavy atom. The van der Waals surface area contributed by atoms with Crippen molar-refractivity contribution in [3.63, 3.8) is 0 Å². The van der Waals surface area contributed by atoms with Crippen LogP contribution in [0.5, 0.6) is 5.75 Å². The molecule has 1 unspecified atom stereocenters. The van der Waals surface area contributed by atoms with Crippen molar-refractivity contribution < 1.29 is 14.3 Å². The van der Waals surface area contributed by atoms with Crippen LogP contribution in [0.1, 0.15) is 33.5 Å². The highest BCUT2D eigenvalue weighted by Crippen LogP contribution is 2.18. The van der Waals surface area contributed by atoms with Crippen LogP contribution in [0.2, 0.25) is 0 Å². The predicted octanol–water partition coefficient (Wildman–Crippen LogP) is 2.55. The monoisotopic (exact) mass is 337 g/mol. The lowest BCUT2D eigenvalue weighted by Gasteiger charge is -2.07. The molecule has 6 nitrogen and oxygen atoms in total. The number of aromatic nitrogens is 1. The summed E-state index contributed by atoms with van der Waals surface area (Å²) in [6.07, 6.45) is 1.80. The number of phenols is 1. The second kappa shape index (κ2) is 7.63. The van der Waals surface area contributed by atoms with Crippen LogP contribution in [-0.4, -0.2) is 16.0 Å². The Labute approximate surface area is 145 Å². The summed E-state index contributed by atoms with van der Waals surface area (Å²) >= 11 is 0. The first-order valence-electron chi connectivity index (χ1n) is 7.93. The third kappa shape index (κ3) is 4.45. The molecule has 0 spiro atoms. The molecule has 0 fully saturated rings. The minimum absolute atomic E-state index is 0.200. The van der Waals surface area contributed by atoms with E-state index in [1.807, 2.05) is 30.3 Å². The molecule has 3 aromatic rings. The second-order valence-electron chi connectivity index (χ2n) is 5.72. The zero-order valence-electron chi connectivity index (χ0n) is 13.6. The molecule has 6 heteroatoms. The second-order valence-corrected chi connectivity index (χ2v) is 5.72. The van der Waals surface area contributed by atoms with Gasteiger partial charge < -0.3 is 20.6 Å². The number of nitrogens with zero attached hydrogens (tertiary/aromatic N) is 1. The van der Waals surface area contributed by atoms with E-state index in [1.54, 1.807) is 24.3 Å². The van der Waals surface area contributed by atoms with Crippen molar-refractivity contribution in [1.29, 1.82) is 0 Å². The van der Waals surface area contributed by atoms with Gasteiger partial charge in [-0.25, -0.2) is 4.98 Å². The Hall–Kier alpha value is -3.12. The maximum atomic E-state index is 12.1. The lowest BCUT2D eigenvalue weighted by atomic mass is 10.1. The largest absolute Gasteiger partial charge is 0.508 e. The predicted molar refractivity (Wildman–Crippen MR) is 92.9 cm³/mol. The van der Waals surface area contributed by atoms with Gasteiger partial charge in [-0.2, -0.15) is 0 Å². The Morgan fingerprint density at radius 1 is 1.12 bits per heavy atom. The molecule has 0 aliphatic rings. The van der Waals surface area contributed by atoms with Gasteiger partial charge in [-0.05, 0) is 29.7 Å². The number of aromatic hydroxyl groups is 1. The molecule has 0 bridgehead atoms. The molecule has 2 aromatic carbocycles. The van der Waals surface area contributed by atoms with E-state index >= 15 is 0 Å². The number of hydrogen-bond donors (Lipinski definition) is 3. The highest BCUT2D eigenvalue weighted by molar-refractivity contribution is 5.91. The van der Waals surface area contributed by atoms with Crippen LogP contribution in [0.4, 0.5) is 0 Å². The number of benzene rings is 2. The van der Waals surface area contributed by atoms with Crippen LogP contribution >= 0.6 is 0 Å². The highest BCUT2D eigenvalue weighted by Gasteiger charge is 2.17. The molecule has 0 saturated carbocycles. The SMILES string of the molecule is NC(Cc1ccc(O)cc1)c1nc(C(=O)NCc2ccccc2)co1. The van der Waals surface area contributed by atoms with Gasteiger partial charge in [-0.15, -0.1) is 0 Å². The molecule has 1 aromatic heterocycles. The molecular weight excluding hydrogens is 318 g/mol.